The molecule has 0 saturated heterocycles. The molecule has 0 bridgehead atoms. The SMILES string of the molecule is CCOP(C)(O)(OCC)c1ccc(N)cc1. The van der Waals surface area contributed by atoms with Gasteiger partial charge in [-0.1, -0.05) is 0 Å². The molecule has 0 amide bonds. The van der Waals surface area contributed by atoms with E-state index in [1.54, 1.807) is 30.9 Å². The molecule has 1 aromatic carbocycles. The maximum absolute atomic E-state index is 10.7. The second-order valence-electron chi connectivity index (χ2n) is 3.74. The Morgan fingerprint density at radius 1 is 1.12 bits per heavy atom. The molecule has 4 nitrogen and oxygen atoms in total. The molecule has 1 aromatic rings. The Kier molecular flexibility index (Phi) is 3.92. The minimum atomic E-state index is -3.68. The molecule has 3 N–H and O–H groups in total. The van der Waals surface area contributed by atoms with Crippen LogP contribution in [0.25, 0.3) is 0 Å². The molecule has 1 rings (SSSR count). The molecule has 0 aliphatic heterocycles. The van der Waals surface area contributed by atoms with Crippen molar-refractivity contribution in [3.8, 4) is 0 Å². The van der Waals surface area contributed by atoms with Gasteiger partial charge in [0.2, 0.25) is 0 Å². The molecular formula is C11H20NO3P. The van der Waals surface area contributed by atoms with Crippen molar-refractivity contribution in [2.45, 2.75) is 13.8 Å². The second-order valence-corrected chi connectivity index (χ2v) is 7.39. The van der Waals surface area contributed by atoms with Crippen LogP contribution in [0.1, 0.15) is 13.8 Å². The monoisotopic (exact) mass is 245 g/mol. The predicted octanol–water partition coefficient (Wildman–Crippen LogP) is 1.89. The molecule has 0 heterocycles. The van der Waals surface area contributed by atoms with Crippen molar-refractivity contribution in [2.24, 2.45) is 0 Å². The number of nitrogen functional groups attached to an aromatic ring is 1. The van der Waals surface area contributed by atoms with E-state index in [0.717, 1.165) is 0 Å². The summed E-state index contributed by atoms with van der Waals surface area (Å²) in [5, 5.41) is 0.656. The summed E-state index contributed by atoms with van der Waals surface area (Å²) in [5.41, 5.74) is 6.26. The molecule has 0 saturated carbocycles. The predicted molar refractivity (Wildman–Crippen MR) is 68.8 cm³/mol. The maximum atomic E-state index is 10.7. The van der Waals surface area contributed by atoms with Gasteiger partial charge in [-0.25, -0.2) is 0 Å². The van der Waals surface area contributed by atoms with Gasteiger partial charge in [-0.2, -0.15) is 0 Å². The fourth-order valence-electron chi connectivity index (χ4n) is 1.61. The molecule has 5 heteroatoms. The van der Waals surface area contributed by atoms with E-state index >= 15 is 0 Å². The summed E-state index contributed by atoms with van der Waals surface area (Å²) in [6.45, 7) is 6.09. The van der Waals surface area contributed by atoms with Crippen molar-refractivity contribution in [3.05, 3.63) is 24.3 Å². The Balaban J connectivity index is 3.15. The van der Waals surface area contributed by atoms with Gasteiger partial charge in [0.1, 0.15) is 0 Å². The van der Waals surface area contributed by atoms with Gasteiger partial charge >= 0.3 is 95.9 Å². The average Bonchev–Trinajstić information content (AvgIpc) is 2.18. The zero-order valence-corrected chi connectivity index (χ0v) is 10.9. The summed E-state index contributed by atoms with van der Waals surface area (Å²) in [4.78, 5) is 10.7. The van der Waals surface area contributed by atoms with Crippen molar-refractivity contribution < 1.29 is 13.9 Å². The molecule has 0 aliphatic carbocycles. The first kappa shape index (κ1) is 13.4. The van der Waals surface area contributed by atoms with Crippen LogP contribution in [-0.2, 0) is 9.05 Å². The Morgan fingerprint density at radius 2 is 1.56 bits per heavy atom. The quantitative estimate of drug-likeness (QED) is 0.614. The molecule has 0 spiro atoms. The van der Waals surface area contributed by atoms with Crippen molar-refractivity contribution in [3.63, 3.8) is 0 Å². The van der Waals surface area contributed by atoms with Gasteiger partial charge in [-0.15, -0.1) is 0 Å². The summed E-state index contributed by atoms with van der Waals surface area (Å²) < 4.78 is 11.0. The molecular weight excluding hydrogens is 225 g/mol. The van der Waals surface area contributed by atoms with Crippen LogP contribution in [0.2, 0.25) is 0 Å². The fraction of sp³-hybridized carbons (Fsp3) is 0.455. The first-order valence-electron chi connectivity index (χ1n) is 5.34. The summed E-state index contributed by atoms with van der Waals surface area (Å²) in [6.07, 6.45) is 0. The minimum absolute atomic E-state index is 0.398. The molecule has 0 aromatic heterocycles. The zero-order chi connectivity index (χ0) is 12.3. The average molecular weight is 245 g/mol. The van der Waals surface area contributed by atoms with Crippen molar-refractivity contribution in [2.75, 3.05) is 25.6 Å². The van der Waals surface area contributed by atoms with Crippen LogP contribution in [0.15, 0.2) is 24.3 Å². The normalized spacial score (nSPS) is 14.4. The van der Waals surface area contributed by atoms with Crippen molar-refractivity contribution >= 4 is 18.3 Å². The number of anilines is 1. The van der Waals surface area contributed by atoms with Crippen LogP contribution in [0.5, 0.6) is 0 Å². The third-order valence-electron chi connectivity index (χ3n) is 2.34. The van der Waals surface area contributed by atoms with Crippen molar-refractivity contribution in [1.82, 2.24) is 0 Å². The van der Waals surface area contributed by atoms with Gasteiger partial charge in [-0.3, -0.25) is 0 Å². The molecule has 0 atom stereocenters. The first-order chi connectivity index (χ1) is 7.41. The second kappa shape index (κ2) is 4.68. The number of benzene rings is 1. The summed E-state index contributed by atoms with van der Waals surface area (Å²) >= 11 is 0. The van der Waals surface area contributed by atoms with Crippen LogP contribution in [0, 0.1) is 0 Å². The van der Waals surface area contributed by atoms with Gasteiger partial charge in [-0.05, 0) is 0 Å². The van der Waals surface area contributed by atoms with E-state index in [9.17, 15) is 4.89 Å². The van der Waals surface area contributed by atoms with E-state index in [1.807, 2.05) is 13.8 Å². The third kappa shape index (κ3) is 2.71. The van der Waals surface area contributed by atoms with Crippen LogP contribution >= 0.6 is 7.28 Å². The standard InChI is InChI=1S/C11H20NO3P/c1-4-14-16(3,13,15-5-2)11-8-6-10(12)7-9-11/h6-9,13H,4-5,12H2,1-3H3. The van der Waals surface area contributed by atoms with E-state index in [-0.39, 0.29) is 0 Å². The van der Waals surface area contributed by atoms with Gasteiger partial charge in [0.05, 0.1) is 0 Å². The number of hydrogen-bond donors (Lipinski definition) is 2. The van der Waals surface area contributed by atoms with Gasteiger partial charge in [0.15, 0.2) is 0 Å². The molecule has 0 unspecified atom stereocenters. The Bertz CT molecular complexity index is 341. The molecule has 16 heavy (non-hydrogen) atoms. The van der Waals surface area contributed by atoms with E-state index in [4.69, 9.17) is 14.8 Å². The van der Waals surface area contributed by atoms with Crippen LogP contribution in [-0.4, -0.2) is 24.8 Å². The zero-order valence-electron chi connectivity index (χ0n) is 10.0. The number of nitrogens with two attached hydrogens (primary N) is 1. The summed E-state index contributed by atoms with van der Waals surface area (Å²) in [5.74, 6) is 0. The Hall–Kier alpha value is -0.670. The van der Waals surface area contributed by atoms with Crippen LogP contribution in [0.4, 0.5) is 5.69 Å². The van der Waals surface area contributed by atoms with Gasteiger partial charge in [0, 0.05) is 0 Å². The van der Waals surface area contributed by atoms with Gasteiger partial charge < -0.3 is 0 Å². The van der Waals surface area contributed by atoms with Crippen molar-refractivity contribution in [1.29, 1.82) is 0 Å². The molecule has 0 aliphatic rings. The van der Waals surface area contributed by atoms with Crippen LogP contribution in [0.3, 0.4) is 0 Å². The number of rotatable bonds is 5. The molecule has 0 fully saturated rings. The topological polar surface area (TPSA) is 64.7 Å². The fourth-order valence-corrected chi connectivity index (χ4v) is 4.02. The van der Waals surface area contributed by atoms with E-state index in [2.05, 4.69) is 0 Å². The Labute approximate surface area is 96.5 Å². The molecule has 92 valence electrons. The number of hydrogen-bond acceptors (Lipinski definition) is 4. The van der Waals surface area contributed by atoms with Gasteiger partial charge in [0.25, 0.3) is 0 Å². The van der Waals surface area contributed by atoms with Crippen LogP contribution < -0.4 is 11.0 Å². The summed E-state index contributed by atoms with van der Waals surface area (Å²) in [7, 11) is -3.68. The first-order valence-corrected chi connectivity index (χ1v) is 7.81. The summed E-state index contributed by atoms with van der Waals surface area (Å²) in [6, 6.07) is 6.96. The third-order valence-corrected chi connectivity index (χ3v) is 5.54. The van der Waals surface area contributed by atoms with E-state index in [0.29, 0.717) is 24.2 Å². The van der Waals surface area contributed by atoms with E-state index in [1.165, 1.54) is 0 Å². The van der Waals surface area contributed by atoms with E-state index < -0.39 is 7.28 Å². The molecule has 0 radical (unpaired) electrons. The Morgan fingerprint density at radius 3 is 1.94 bits per heavy atom.